The normalized spacial score (nSPS) is 10.0. The minimum Gasteiger partial charge on any atom is -0.322 e. The van der Waals surface area contributed by atoms with Crippen LogP contribution in [0.1, 0.15) is 20.7 Å². The summed E-state index contributed by atoms with van der Waals surface area (Å²) in [5, 5.41) is 2.77. The first-order chi connectivity index (χ1) is 9.10. The molecule has 0 bridgehead atoms. The predicted octanol–water partition coefficient (Wildman–Crippen LogP) is 4.28. The molecule has 1 amide bonds. The first-order valence-electron chi connectivity index (χ1n) is 5.42. The predicted molar refractivity (Wildman–Crippen MR) is 81.6 cm³/mol. The number of carbonyl (C=O) groups is 2. The lowest BCUT2D eigenvalue weighted by molar-refractivity contribution is 0.102. The van der Waals surface area contributed by atoms with Crippen molar-refractivity contribution >= 4 is 49.7 Å². The van der Waals surface area contributed by atoms with Crippen LogP contribution in [-0.2, 0) is 0 Å². The molecule has 0 atom stereocenters. The van der Waals surface area contributed by atoms with Gasteiger partial charge in [0.05, 0.1) is 5.56 Å². The van der Waals surface area contributed by atoms with Crippen LogP contribution in [0.2, 0.25) is 0 Å². The van der Waals surface area contributed by atoms with Crippen molar-refractivity contribution in [3.05, 3.63) is 62.5 Å². The number of amides is 1. The summed E-state index contributed by atoms with van der Waals surface area (Å²) in [5.74, 6) is -0.216. The van der Waals surface area contributed by atoms with Gasteiger partial charge in [0.15, 0.2) is 0 Å². The molecule has 96 valence electrons. The van der Waals surface area contributed by atoms with Crippen LogP contribution in [0.4, 0.5) is 5.69 Å². The number of nitrogens with one attached hydrogen (secondary N) is 1. The molecule has 0 unspecified atom stereocenters. The maximum absolute atomic E-state index is 12.1. The van der Waals surface area contributed by atoms with Crippen LogP contribution in [-0.4, -0.2) is 12.2 Å². The third kappa shape index (κ3) is 3.52. The highest BCUT2D eigenvalue weighted by Crippen LogP contribution is 2.22. The van der Waals surface area contributed by atoms with Crippen LogP contribution >= 0.6 is 31.9 Å². The molecule has 2 aromatic rings. The Kier molecular flexibility index (Phi) is 4.50. The lowest BCUT2D eigenvalue weighted by Crippen LogP contribution is -2.12. The molecule has 2 aromatic carbocycles. The average molecular weight is 383 g/mol. The molecule has 0 aromatic heterocycles. The Morgan fingerprint density at radius 2 is 1.74 bits per heavy atom. The molecular weight excluding hydrogens is 374 g/mol. The van der Waals surface area contributed by atoms with E-state index in [4.69, 9.17) is 0 Å². The number of carbonyl (C=O) groups excluding carboxylic acids is 2. The van der Waals surface area contributed by atoms with Crippen molar-refractivity contribution in [3.63, 3.8) is 0 Å². The van der Waals surface area contributed by atoms with Crippen LogP contribution < -0.4 is 5.32 Å². The summed E-state index contributed by atoms with van der Waals surface area (Å²) in [6.07, 6.45) is 0.760. The first-order valence-corrected chi connectivity index (χ1v) is 7.00. The monoisotopic (exact) mass is 381 g/mol. The average Bonchev–Trinajstić information content (AvgIpc) is 2.42. The first kappa shape index (κ1) is 14.0. The number of aldehydes is 1. The van der Waals surface area contributed by atoms with Gasteiger partial charge in [0.1, 0.15) is 6.29 Å². The van der Waals surface area contributed by atoms with E-state index in [1.807, 2.05) is 6.07 Å². The van der Waals surface area contributed by atoms with Crippen molar-refractivity contribution in [1.82, 2.24) is 0 Å². The van der Waals surface area contributed by atoms with Gasteiger partial charge in [-0.05, 0) is 58.4 Å². The van der Waals surface area contributed by atoms with Crippen molar-refractivity contribution in [2.45, 2.75) is 0 Å². The number of halogens is 2. The van der Waals surface area contributed by atoms with E-state index in [0.717, 1.165) is 15.2 Å². The Balaban J connectivity index is 2.20. The van der Waals surface area contributed by atoms with Gasteiger partial charge >= 0.3 is 0 Å². The molecule has 0 saturated heterocycles. The van der Waals surface area contributed by atoms with Gasteiger partial charge in [0.25, 0.3) is 5.91 Å². The minimum atomic E-state index is -0.216. The standard InChI is InChI=1S/C14H9Br2NO2/c15-10-3-6-13(16)12(7-10)14(19)17-11-4-1-9(8-18)2-5-11/h1-8H,(H,17,19). The molecule has 0 aliphatic carbocycles. The molecule has 2 rings (SSSR count). The molecule has 3 nitrogen and oxygen atoms in total. The van der Waals surface area contributed by atoms with Crippen molar-refractivity contribution in [3.8, 4) is 0 Å². The molecule has 0 fully saturated rings. The minimum absolute atomic E-state index is 0.216. The fourth-order valence-electron chi connectivity index (χ4n) is 1.51. The van der Waals surface area contributed by atoms with E-state index in [1.54, 1.807) is 36.4 Å². The maximum atomic E-state index is 12.1. The molecule has 0 aliphatic rings. The molecule has 0 saturated carbocycles. The zero-order valence-electron chi connectivity index (χ0n) is 9.69. The molecule has 0 aliphatic heterocycles. The number of rotatable bonds is 3. The lowest BCUT2D eigenvalue weighted by atomic mass is 10.2. The summed E-state index contributed by atoms with van der Waals surface area (Å²) in [5.41, 5.74) is 1.75. The summed E-state index contributed by atoms with van der Waals surface area (Å²) < 4.78 is 1.55. The highest BCUT2D eigenvalue weighted by atomic mass is 79.9. The Hall–Kier alpha value is -1.46. The van der Waals surface area contributed by atoms with E-state index >= 15 is 0 Å². The Bertz CT molecular complexity index is 624. The number of hydrogen-bond donors (Lipinski definition) is 1. The van der Waals surface area contributed by atoms with E-state index in [9.17, 15) is 9.59 Å². The van der Waals surface area contributed by atoms with Crippen LogP contribution in [0.5, 0.6) is 0 Å². The van der Waals surface area contributed by atoms with E-state index in [-0.39, 0.29) is 5.91 Å². The summed E-state index contributed by atoms with van der Waals surface area (Å²) in [7, 11) is 0. The smallest absolute Gasteiger partial charge is 0.256 e. The van der Waals surface area contributed by atoms with Gasteiger partial charge in [-0.25, -0.2) is 0 Å². The van der Waals surface area contributed by atoms with Gasteiger partial charge < -0.3 is 5.32 Å². The maximum Gasteiger partial charge on any atom is 0.256 e. The Labute approximate surface area is 127 Å². The SMILES string of the molecule is O=Cc1ccc(NC(=O)c2cc(Br)ccc2Br)cc1. The van der Waals surface area contributed by atoms with Crippen molar-refractivity contribution in [2.24, 2.45) is 0 Å². The van der Waals surface area contributed by atoms with Crippen LogP contribution in [0.25, 0.3) is 0 Å². The molecule has 0 radical (unpaired) electrons. The third-order valence-corrected chi connectivity index (χ3v) is 3.66. The van der Waals surface area contributed by atoms with E-state index < -0.39 is 0 Å². The topological polar surface area (TPSA) is 46.2 Å². The van der Waals surface area contributed by atoms with Gasteiger partial charge in [0, 0.05) is 20.2 Å². The van der Waals surface area contributed by atoms with E-state index in [1.165, 1.54) is 0 Å². The van der Waals surface area contributed by atoms with Crippen LogP contribution in [0.15, 0.2) is 51.4 Å². The zero-order chi connectivity index (χ0) is 13.8. The summed E-state index contributed by atoms with van der Waals surface area (Å²) in [4.78, 5) is 22.7. The Morgan fingerprint density at radius 1 is 1.05 bits per heavy atom. The van der Waals surface area contributed by atoms with Crippen LogP contribution in [0.3, 0.4) is 0 Å². The number of hydrogen-bond acceptors (Lipinski definition) is 2. The van der Waals surface area contributed by atoms with Gasteiger partial charge in [-0.15, -0.1) is 0 Å². The fourth-order valence-corrected chi connectivity index (χ4v) is 2.30. The molecule has 19 heavy (non-hydrogen) atoms. The van der Waals surface area contributed by atoms with Crippen molar-refractivity contribution < 1.29 is 9.59 Å². The molecule has 0 spiro atoms. The second kappa shape index (κ2) is 6.12. The van der Waals surface area contributed by atoms with Crippen molar-refractivity contribution in [1.29, 1.82) is 0 Å². The second-order valence-corrected chi connectivity index (χ2v) is 5.59. The fraction of sp³-hybridized carbons (Fsp3) is 0. The van der Waals surface area contributed by atoms with Gasteiger partial charge in [0.2, 0.25) is 0 Å². The van der Waals surface area contributed by atoms with E-state index in [0.29, 0.717) is 16.8 Å². The van der Waals surface area contributed by atoms with Gasteiger partial charge in [-0.1, -0.05) is 15.9 Å². The highest BCUT2D eigenvalue weighted by molar-refractivity contribution is 9.11. The van der Waals surface area contributed by atoms with Crippen molar-refractivity contribution in [2.75, 3.05) is 5.32 Å². The summed E-state index contributed by atoms with van der Waals surface area (Å²) in [6, 6.07) is 12.1. The van der Waals surface area contributed by atoms with Crippen LogP contribution in [0, 0.1) is 0 Å². The highest BCUT2D eigenvalue weighted by Gasteiger charge is 2.10. The lowest BCUT2D eigenvalue weighted by Gasteiger charge is -2.07. The number of benzene rings is 2. The molecule has 1 N–H and O–H groups in total. The number of anilines is 1. The summed E-state index contributed by atoms with van der Waals surface area (Å²) >= 11 is 6.67. The third-order valence-electron chi connectivity index (χ3n) is 2.48. The van der Waals surface area contributed by atoms with E-state index in [2.05, 4.69) is 37.2 Å². The summed E-state index contributed by atoms with van der Waals surface area (Å²) in [6.45, 7) is 0. The largest absolute Gasteiger partial charge is 0.322 e. The quantitative estimate of drug-likeness (QED) is 0.805. The molecule has 5 heteroatoms. The van der Waals surface area contributed by atoms with Gasteiger partial charge in [-0.3, -0.25) is 9.59 Å². The zero-order valence-corrected chi connectivity index (χ0v) is 12.9. The molecular formula is C14H9Br2NO2. The molecule has 0 heterocycles. The second-order valence-electron chi connectivity index (χ2n) is 3.82. The Morgan fingerprint density at radius 3 is 2.37 bits per heavy atom. The van der Waals surface area contributed by atoms with Gasteiger partial charge in [-0.2, -0.15) is 0 Å².